The Morgan fingerprint density at radius 1 is 1.31 bits per heavy atom. The Labute approximate surface area is 99.3 Å². The van der Waals surface area contributed by atoms with Crippen LogP contribution in [0.15, 0.2) is 24.3 Å². The fourth-order valence-electron chi connectivity index (χ4n) is 1.34. The Balaban J connectivity index is 2.49. The zero-order valence-electron chi connectivity index (χ0n) is 9.93. The molecule has 0 aliphatic carbocycles. The van der Waals surface area contributed by atoms with Crippen LogP contribution in [0.3, 0.4) is 0 Å². The zero-order chi connectivity index (χ0) is 12.1. The molecule has 0 spiro atoms. The minimum atomic E-state index is -0.789. The maximum atomic E-state index is 11.2. The fourth-order valence-corrected chi connectivity index (χ4v) is 1.67. The van der Waals surface area contributed by atoms with Gasteiger partial charge in [-0.15, -0.1) is 0 Å². The second-order valence-electron chi connectivity index (χ2n) is 4.03. The summed E-state index contributed by atoms with van der Waals surface area (Å²) in [6.07, 6.45) is 1.72. The molecule has 0 aliphatic heterocycles. The molecule has 0 aromatic heterocycles. The van der Waals surface area contributed by atoms with Crippen molar-refractivity contribution >= 4 is 10.8 Å². The van der Waals surface area contributed by atoms with Crippen LogP contribution in [0.2, 0.25) is 0 Å². The van der Waals surface area contributed by atoms with Crippen molar-refractivity contribution in [2.45, 2.75) is 25.1 Å². The van der Waals surface area contributed by atoms with Crippen molar-refractivity contribution in [1.29, 1.82) is 0 Å². The van der Waals surface area contributed by atoms with E-state index >= 15 is 0 Å². The summed E-state index contributed by atoms with van der Waals surface area (Å²) in [6, 6.07) is 7.33. The second kappa shape index (κ2) is 6.01. The van der Waals surface area contributed by atoms with Gasteiger partial charge in [-0.1, -0.05) is 12.1 Å². The zero-order valence-corrected chi connectivity index (χ0v) is 10.8. The molecule has 3 unspecified atom stereocenters. The number of phenols is 1. The summed E-state index contributed by atoms with van der Waals surface area (Å²) in [4.78, 5) is 0. The molecule has 3 atom stereocenters. The lowest BCUT2D eigenvalue weighted by Gasteiger charge is -2.16. The monoisotopic (exact) mass is 241 g/mol. The van der Waals surface area contributed by atoms with Gasteiger partial charge in [-0.2, -0.15) is 0 Å². The van der Waals surface area contributed by atoms with Crippen LogP contribution in [-0.4, -0.2) is 27.4 Å². The van der Waals surface area contributed by atoms with E-state index in [4.69, 9.17) is 5.11 Å². The molecular formula is C12H19NO2S. The third-order valence-electron chi connectivity index (χ3n) is 2.67. The third kappa shape index (κ3) is 3.94. The molecule has 1 aromatic rings. The molecule has 16 heavy (non-hydrogen) atoms. The summed E-state index contributed by atoms with van der Waals surface area (Å²) >= 11 is 0. The minimum Gasteiger partial charge on any atom is -0.508 e. The van der Waals surface area contributed by atoms with Crippen molar-refractivity contribution in [2.75, 3.05) is 12.8 Å². The molecule has 0 amide bonds. The predicted molar refractivity (Wildman–Crippen MR) is 68.1 cm³/mol. The number of nitrogens with one attached hydrogen (secondary N) is 1. The van der Waals surface area contributed by atoms with Gasteiger partial charge in [0.25, 0.3) is 0 Å². The van der Waals surface area contributed by atoms with Gasteiger partial charge in [-0.05, 0) is 31.5 Å². The molecule has 90 valence electrons. The van der Waals surface area contributed by atoms with Crippen LogP contribution in [0.25, 0.3) is 0 Å². The highest BCUT2D eigenvalue weighted by Crippen LogP contribution is 2.16. The Morgan fingerprint density at radius 2 is 1.88 bits per heavy atom. The average Bonchev–Trinajstić information content (AvgIpc) is 2.26. The summed E-state index contributed by atoms with van der Waals surface area (Å²) < 4.78 is 11.2. The van der Waals surface area contributed by atoms with Gasteiger partial charge in [0.2, 0.25) is 0 Å². The lowest BCUT2D eigenvalue weighted by molar-refractivity contribution is 0.474. The molecule has 0 aliphatic rings. The second-order valence-corrected chi connectivity index (χ2v) is 5.83. The van der Waals surface area contributed by atoms with Crippen molar-refractivity contribution in [3.63, 3.8) is 0 Å². The van der Waals surface area contributed by atoms with Gasteiger partial charge in [-0.3, -0.25) is 4.21 Å². The van der Waals surface area contributed by atoms with Crippen molar-refractivity contribution in [2.24, 2.45) is 0 Å². The van der Waals surface area contributed by atoms with E-state index in [1.54, 1.807) is 18.4 Å². The van der Waals surface area contributed by atoms with E-state index in [9.17, 15) is 4.21 Å². The molecule has 0 heterocycles. The van der Waals surface area contributed by atoms with Crippen LogP contribution in [0.1, 0.15) is 25.5 Å². The van der Waals surface area contributed by atoms with Crippen molar-refractivity contribution in [3.8, 4) is 5.75 Å². The maximum Gasteiger partial charge on any atom is 0.115 e. The molecule has 0 saturated heterocycles. The Kier molecular flexibility index (Phi) is 4.96. The van der Waals surface area contributed by atoms with E-state index in [-0.39, 0.29) is 17.0 Å². The van der Waals surface area contributed by atoms with Crippen molar-refractivity contribution in [1.82, 2.24) is 5.32 Å². The SMILES string of the molecule is CC(NCC(C)S(C)=O)c1ccc(O)cc1. The van der Waals surface area contributed by atoms with Crippen LogP contribution in [-0.2, 0) is 10.8 Å². The van der Waals surface area contributed by atoms with Gasteiger partial charge in [0, 0.05) is 34.9 Å². The standard InChI is InChI=1S/C12H19NO2S/c1-9(16(3)15)8-13-10(2)11-4-6-12(14)7-5-11/h4-7,9-10,13-14H,8H2,1-3H3. The summed E-state index contributed by atoms with van der Waals surface area (Å²) in [5.74, 6) is 0.277. The lowest BCUT2D eigenvalue weighted by Crippen LogP contribution is -2.29. The quantitative estimate of drug-likeness (QED) is 0.826. The van der Waals surface area contributed by atoms with Crippen molar-refractivity contribution < 1.29 is 9.32 Å². The van der Waals surface area contributed by atoms with Crippen LogP contribution < -0.4 is 5.32 Å². The topological polar surface area (TPSA) is 49.3 Å². The number of hydrogen-bond donors (Lipinski definition) is 2. The highest BCUT2D eigenvalue weighted by atomic mass is 32.2. The predicted octanol–water partition coefficient (Wildman–Crippen LogP) is 1.81. The lowest BCUT2D eigenvalue weighted by atomic mass is 10.1. The number of aromatic hydroxyl groups is 1. The number of phenolic OH excluding ortho intramolecular Hbond substituents is 1. The van der Waals surface area contributed by atoms with Gasteiger partial charge in [0.1, 0.15) is 5.75 Å². The van der Waals surface area contributed by atoms with E-state index in [0.29, 0.717) is 0 Å². The number of hydrogen-bond acceptors (Lipinski definition) is 3. The molecule has 3 nitrogen and oxygen atoms in total. The van der Waals surface area contributed by atoms with E-state index < -0.39 is 10.8 Å². The minimum absolute atomic E-state index is 0.152. The first-order valence-electron chi connectivity index (χ1n) is 5.35. The largest absolute Gasteiger partial charge is 0.508 e. The van der Waals surface area contributed by atoms with Gasteiger partial charge >= 0.3 is 0 Å². The summed E-state index contributed by atoms with van der Waals surface area (Å²) in [6.45, 7) is 4.75. The Morgan fingerprint density at radius 3 is 2.38 bits per heavy atom. The number of benzene rings is 1. The molecule has 4 heteroatoms. The highest BCUT2D eigenvalue weighted by molar-refractivity contribution is 7.84. The van der Waals surface area contributed by atoms with Crippen molar-refractivity contribution in [3.05, 3.63) is 29.8 Å². The van der Waals surface area contributed by atoms with E-state index in [2.05, 4.69) is 12.2 Å². The summed E-state index contributed by atoms with van der Waals surface area (Å²) in [7, 11) is -0.789. The molecule has 0 saturated carbocycles. The summed E-state index contributed by atoms with van der Waals surface area (Å²) in [5.41, 5.74) is 1.12. The van der Waals surface area contributed by atoms with Crippen LogP contribution in [0.5, 0.6) is 5.75 Å². The van der Waals surface area contributed by atoms with Gasteiger partial charge in [0.05, 0.1) is 0 Å². The van der Waals surface area contributed by atoms with Gasteiger partial charge in [0.15, 0.2) is 0 Å². The normalized spacial score (nSPS) is 16.7. The Bertz CT molecular complexity index is 351. The summed E-state index contributed by atoms with van der Waals surface area (Å²) in [5, 5.41) is 12.6. The van der Waals surface area contributed by atoms with E-state index in [1.807, 2.05) is 19.1 Å². The van der Waals surface area contributed by atoms with Crippen LogP contribution in [0, 0.1) is 0 Å². The molecular weight excluding hydrogens is 222 g/mol. The fraction of sp³-hybridized carbons (Fsp3) is 0.500. The molecule has 2 N–H and O–H groups in total. The van der Waals surface area contributed by atoms with Crippen LogP contribution >= 0.6 is 0 Å². The Hall–Kier alpha value is -0.870. The van der Waals surface area contributed by atoms with Crippen LogP contribution in [0.4, 0.5) is 0 Å². The van der Waals surface area contributed by atoms with E-state index in [1.165, 1.54) is 0 Å². The first-order valence-corrected chi connectivity index (χ1v) is 6.97. The highest BCUT2D eigenvalue weighted by Gasteiger charge is 2.09. The van der Waals surface area contributed by atoms with Gasteiger partial charge in [-0.25, -0.2) is 0 Å². The third-order valence-corrected chi connectivity index (χ3v) is 3.97. The average molecular weight is 241 g/mol. The maximum absolute atomic E-state index is 11.2. The molecule has 1 rings (SSSR count). The molecule has 0 bridgehead atoms. The smallest absolute Gasteiger partial charge is 0.115 e. The molecule has 1 aromatic carbocycles. The van der Waals surface area contributed by atoms with Gasteiger partial charge < -0.3 is 10.4 Å². The first-order chi connectivity index (χ1) is 7.50. The van der Waals surface area contributed by atoms with E-state index in [0.717, 1.165) is 12.1 Å². The first kappa shape index (κ1) is 13.2. The molecule has 0 fully saturated rings. The molecule has 0 radical (unpaired) electrons. The number of rotatable bonds is 5.